The summed E-state index contributed by atoms with van der Waals surface area (Å²) in [6, 6.07) is 27.4. The number of carbonyl (C=O) groups excluding carboxylic acids is 2. The quantitative estimate of drug-likeness (QED) is 0.289. The van der Waals surface area contributed by atoms with Gasteiger partial charge in [-0.2, -0.15) is 0 Å². The molecule has 4 aromatic carbocycles. The third kappa shape index (κ3) is 6.41. The van der Waals surface area contributed by atoms with Crippen molar-refractivity contribution in [3.05, 3.63) is 108 Å². The topological polar surface area (TPSA) is 104 Å². The van der Waals surface area contributed by atoms with E-state index in [2.05, 4.69) is 15.4 Å². The van der Waals surface area contributed by atoms with Crippen molar-refractivity contribution >= 4 is 38.3 Å². The minimum atomic E-state index is -3.72. The van der Waals surface area contributed by atoms with Crippen molar-refractivity contribution in [3.8, 4) is 0 Å². The van der Waals surface area contributed by atoms with Crippen molar-refractivity contribution < 1.29 is 18.0 Å². The molecule has 3 N–H and O–H groups in total. The predicted molar refractivity (Wildman–Crippen MR) is 146 cm³/mol. The summed E-state index contributed by atoms with van der Waals surface area (Å²) in [5, 5.41) is 6.85. The summed E-state index contributed by atoms with van der Waals surface area (Å²) in [6.07, 6.45) is 0.958. The Morgan fingerprint density at radius 1 is 0.784 bits per heavy atom. The zero-order valence-corrected chi connectivity index (χ0v) is 21.3. The van der Waals surface area contributed by atoms with Gasteiger partial charge in [0.05, 0.1) is 4.90 Å². The molecule has 0 aliphatic heterocycles. The molecule has 0 saturated heterocycles. The number of hydrogen-bond donors (Lipinski definition) is 3. The number of sulfonamides is 1. The number of nitrogens with one attached hydrogen (secondary N) is 3. The van der Waals surface area contributed by atoms with Crippen LogP contribution in [0.15, 0.2) is 102 Å². The average Bonchev–Trinajstić information content (AvgIpc) is 2.92. The largest absolute Gasteiger partial charge is 0.340 e. The van der Waals surface area contributed by atoms with Gasteiger partial charge in [-0.1, -0.05) is 79.7 Å². The summed E-state index contributed by atoms with van der Waals surface area (Å²) in [4.78, 5) is 26.5. The van der Waals surface area contributed by atoms with E-state index in [1.807, 2.05) is 43.3 Å². The summed E-state index contributed by atoms with van der Waals surface area (Å²) in [5.74, 6) is -0.761. The van der Waals surface area contributed by atoms with Gasteiger partial charge >= 0.3 is 0 Å². The van der Waals surface area contributed by atoms with Gasteiger partial charge in [0.15, 0.2) is 0 Å². The van der Waals surface area contributed by atoms with E-state index in [0.29, 0.717) is 35.0 Å². The highest BCUT2D eigenvalue weighted by molar-refractivity contribution is 7.89. The van der Waals surface area contributed by atoms with Gasteiger partial charge in [0.25, 0.3) is 5.91 Å². The van der Waals surface area contributed by atoms with Crippen LogP contribution in [0.2, 0.25) is 0 Å². The van der Waals surface area contributed by atoms with Crippen LogP contribution < -0.4 is 15.4 Å². The SMILES string of the molecule is CCCNS(=O)(=O)c1cccc2c(NC(=O)[C@H](Cc3ccccc3)NC(=O)c3ccccc3)cccc12. The molecular weight excluding hydrogens is 486 g/mol. The number of amides is 2. The molecule has 7 nitrogen and oxygen atoms in total. The molecule has 0 aliphatic rings. The monoisotopic (exact) mass is 515 g/mol. The van der Waals surface area contributed by atoms with Crippen LogP contribution in [0, 0.1) is 0 Å². The van der Waals surface area contributed by atoms with E-state index in [1.54, 1.807) is 60.7 Å². The van der Waals surface area contributed by atoms with E-state index in [-0.39, 0.29) is 17.2 Å². The van der Waals surface area contributed by atoms with Crippen LogP contribution >= 0.6 is 0 Å². The Hall–Kier alpha value is -4.01. The molecule has 0 spiro atoms. The molecule has 0 unspecified atom stereocenters. The van der Waals surface area contributed by atoms with E-state index in [4.69, 9.17) is 0 Å². The van der Waals surface area contributed by atoms with Gasteiger partial charge < -0.3 is 10.6 Å². The van der Waals surface area contributed by atoms with Gasteiger partial charge in [-0.25, -0.2) is 13.1 Å². The number of fused-ring (bicyclic) bond motifs is 1. The molecule has 4 aromatic rings. The lowest BCUT2D eigenvalue weighted by Crippen LogP contribution is -2.45. The minimum absolute atomic E-state index is 0.146. The van der Waals surface area contributed by atoms with E-state index in [9.17, 15) is 18.0 Å². The molecule has 0 aliphatic carbocycles. The van der Waals surface area contributed by atoms with Crippen LogP contribution in [-0.2, 0) is 21.2 Å². The van der Waals surface area contributed by atoms with Crippen molar-refractivity contribution in [3.63, 3.8) is 0 Å². The van der Waals surface area contributed by atoms with E-state index in [1.165, 1.54) is 0 Å². The zero-order chi connectivity index (χ0) is 26.3. The number of rotatable bonds is 10. The first-order valence-electron chi connectivity index (χ1n) is 12.1. The van der Waals surface area contributed by atoms with Gasteiger partial charge in [-0.3, -0.25) is 9.59 Å². The molecule has 8 heteroatoms. The highest BCUT2D eigenvalue weighted by Crippen LogP contribution is 2.29. The van der Waals surface area contributed by atoms with Crippen molar-refractivity contribution in [1.29, 1.82) is 0 Å². The van der Waals surface area contributed by atoms with Crippen molar-refractivity contribution in [2.75, 3.05) is 11.9 Å². The van der Waals surface area contributed by atoms with Crippen LogP contribution in [0.25, 0.3) is 10.8 Å². The molecule has 190 valence electrons. The molecule has 0 radical (unpaired) electrons. The van der Waals surface area contributed by atoms with Crippen molar-refractivity contribution in [2.24, 2.45) is 0 Å². The highest BCUT2D eigenvalue weighted by atomic mass is 32.2. The maximum absolute atomic E-state index is 13.5. The maximum atomic E-state index is 13.5. The lowest BCUT2D eigenvalue weighted by atomic mass is 10.0. The molecule has 0 aromatic heterocycles. The second-order valence-corrected chi connectivity index (χ2v) is 10.4. The lowest BCUT2D eigenvalue weighted by Gasteiger charge is -2.20. The molecule has 2 amide bonds. The molecule has 0 bridgehead atoms. The van der Waals surface area contributed by atoms with Crippen LogP contribution in [0.1, 0.15) is 29.3 Å². The maximum Gasteiger partial charge on any atom is 0.251 e. The lowest BCUT2D eigenvalue weighted by molar-refractivity contribution is -0.118. The normalized spacial score (nSPS) is 12.1. The van der Waals surface area contributed by atoms with E-state index < -0.39 is 22.0 Å². The summed E-state index contributed by atoms with van der Waals surface area (Å²) < 4.78 is 28.3. The summed E-state index contributed by atoms with van der Waals surface area (Å²) in [6.45, 7) is 2.22. The third-order valence-corrected chi connectivity index (χ3v) is 7.43. The second kappa shape index (κ2) is 11.8. The second-order valence-electron chi connectivity index (χ2n) is 8.63. The average molecular weight is 516 g/mol. The predicted octanol–water partition coefficient (Wildman–Crippen LogP) is 4.51. The van der Waals surface area contributed by atoms with Crippen molar-refractivity contribution in [2.45, 2.75) is 30.7 Å². The fraction of sp³-hybridized carbons (Fsp3) is 0.172. The standard InChI is InChI=1S/C29H29N3O4S/c1-2-19-30-37(35,36)27-18-10-15-23-24(27)16-9-17-25(23)31-29(34)26(20-21-11-5-3-6-12-21)32-28(33)22-13-7-4-8-14-22/h3-18,26,30H,2,19-20H2,1H3,(H,31,34)(H,32,33)/t26-/m0/s1. The van der Waals surface area contributed by atoms with Crippen LogP contribution in [0.3, 0.4) is 0 Å². The Balaban J connectivity index is 1.64. The molecular formula is C29H29N3O4S. The molecule has 0 fully saturated rings. The Kier molecular flexibility index (Phi) is 8.32. The van der Waals surface area contributed by atoms with Crippen LogP contribution in [0.4, 0.5) is 5.69 Å². The van der Waals surface area contributed by atoms with Gasteiger partial charge in [0.1, 0.15) is 6.04 Å². The molecule has 4 rings (SSSR count). The Morgan fingerprint density at radius 2 is 1.43 bits per heavy atom. The molecule has 1 atom stereocenters. The summed E-state index contributed by atoms with van der Waals surface area (Å²) in [5.41, 5.74) is 1.80. The first-order chi connectivity index (χ1) is 17.9. The van der Waals surface area contributed by atoms with Gasteiger partial charge in [-0.05, 0) is 36.2 Å². The fourth-order valence-corrected chi connectivity index (χ4v) is 5.40. The first kappa shape index (κ1) is 26.1. The number of benzene rings is 4. The smallest absolute Gasteiger partial charge is 0.251 e. The van der Waals surface area contributed by atoms with E-state index >= 15 is 0 Å². The summed E-state index contributed by atoms with van der Waals surface area (Å²) in [7, 11) is -3.72. The number of hydrogen-bond acceptors (Lipinski definition) is 4. The molecule has 0 saturated carbocycles. The Morgan fingerprint density at radius 3 is 2.14 bits per heavy atom. The van der Waals surface area contributed by atoms with Crippen LogP contribution in [0.5, 0.6) is 0 Å². The molecule has 0 heterocycles. The number of anilines is 1. The van der Waals surface area contributed by atoms with Gasteiger partial charge in [0, 0.05) is 35.0 Å². The van der Waals surface area contributed by atoms with E-state index in [0.717, 1.165) is 5.56 Å². The van der Waals surface area contributed by atoms with Crippen molar-refractivity contribution in [1.82, 2.24) is 10.0 Å². The first-order valence-corrected chi connectivity index (χ1v) is 13.6. The summed E-state index contributed by atoms with van der Waals surface area (Å²) >= 11 is 0. The minimum Gasteiger partial charge on any atom is -0.340 e. The van der Waals surface area contributed by atoms with Gasteiger partial charge in [0.2, 0.25) is 15.9 Å². The Labute approximate surface area is 217 Å². The van der Waals surface area contributed by atoms with Gasteiger partial charge in [-0.15, -0.1) is 0 Å². The highest BCUT2D eigenvalue weighted by Gasteiger charge is 2.24. The number of carbonyl (C=O) groups is 2. The third-order valence-electron chi connectivity index (χ3n) is 5.91. The Bertz CT molecular complexity index is 1490. The molecule has 37 heavy (non-hydrogen) atoms. The van der Waals surface area contributed by atoms with Crippen LogP contribution in [-0.4, -0.2) is 32.8 Å². The fourth-order valence-electron chi connectivity index (χ4n) is 4.05. The zero-order valence-electron chi connectivity index (χ0n) is 20.5.